The van der Waals surface area contributed by atoms with E-state index in [9.17, 15) is 0 Å². The second kappa shape index (κ2) is 15.3. The molecule has 1 aliphatic rings. The number of rotatable bonds is 10. The fraction of sp³-hybridized carbons (Fsp3) is 0.228. The topological polar surface area (TPSA) is 6.48 Å². The Balaban J connectivity index is 1.42. The molecule has 0 unspecified atom stereocenters. The van der Waals surface area contributed by atoms with Gasteiger partial charge in [0.15, 0.2) is 0 Å². The van der Waals surface area contributed by atoms with E-state index in [0.717, 1.165) is 0 Å². The Labute approximate surface area is 366 Å². The van der Waals surface area contributed by atoms with Crippen molar-refractivity contribution in [3.05, 3.63) is 192 Å². The summed E-state index contributed by atoms with van der Waals surface area (Å²) in [4.78, 5) is 5.05. The van der Waals surface area contributed by atoms with E-state index in [-0.39, 0.29) is 4.66 Å². The Morgan fingerprint density at radius 1 is 0.361 bits per heavy atom. The molecule has 8 aromatic rings. The van der Waals surface area contributed by atoms with E-state index in [2.05, 4.69) is 247 Å². The molecule has 306 valence electrons. The molecule has 2 nitrogen and oxygen atoms in total. The summed E-state index contributed by atoms with van der Waals surface area (Å²) in [6.45, 7) is 25.0. The average molecular weight is 829 g/mol. The lowest BCUT2D eigenvalue weighted by molar-refractivity contribution is 0.866. The van der Waals surface area contributed by atoms with Gasteiger partial charge in [-0.3, -0.25) is 0 Å². The van der Waals surface area contributed by atoms with Crippen LogP contribution < -0.4 is 9.80 Å². The van der Waals surface area contributed by atoms with Crippen molar-refractivity contribution in [3.63, 3.8) is 0 Å². The van der Waals surface area contributed by atoms with Crippen molar-refractivity contribution in [3.8, 4) is 11.1 Å². The summed E-state index contributed by atoms with van der Waals surface area (Å²) in [5.41, 5.74) is 15.8. The number of hydrogen-bond donors (Lipinski definition) is 0. The van der Waals surface area contributed by atoms with Crippen LogP contribution in [0.4, 0.5) is 34.1 Å². The fourth-order valence-electron chi connectivity index (χ4n) is 11.1. The van der Waals surface area contributed by atoms with E-state index in [0.29, 0.717) is 11.8 Å². The van der Waals surface area contributed by atoms with Gasteiger partial charge in [0.1, 0.15) is 0 Å². The lowest BCUT2D eigenvalue weighted by Gasteiger charge is -2.51. The Bertz CT molecular complexity index is 2670. The van der Waals surface area contributed by atoms with E-state index < -0.39 is 16.1 Å². The number of benzene rings is 8. The van der Waals surface area contributed by atoms with E-state index in [1.165, 1.54) is 89.0 Å². The van der Waals surface area contributed by atoms with Crippen LogP contribution >= 0.6 is 0 Å². The first-order chi connectivity index (χ1) is 29.2. The third kappa shape index (κ3) is 6.58. The van der Waals surface area contributed by atoms with Gasteiger partial charge in [-0.05, 0) is 117 Å². The van der Waals surface area contributed by atoms with E-state index in [1.807, 2.05) is 0 Å². The Morgan fingerprint density at radius 3 is 0.967 bits per heavy atom. The quantitative estimate of drug-likeness (QED) is 0.127. The van der Waals surface area contributed by atoms with Gasteiger partial charge in [0.25, 0.3) is 0 Å². The van der Waals surface area contributed by atoms with E-state index in [1.54, 1.807) is 0 Å². The molecule has 0 heterocycles. The van der Waals surface area contributed by atoms with Gasteiger partial charge in [-0.1, -0.05) is 176 Å². The SMILES string of the molecule is CC(C)c1ccc(N(c2ccccc2)c2cc3c(c4ccccc24)-c2c(cc(N(c4ccccc4)c4ccc(C(C)C)cc4)c4ccccc24)C3([Si](C)(C)C)[Si](C)(C)C)cc1. The van der Waals surface area contributed by atoms with Crippen molar-refractivity contribution < 1.29 is 0 Å². The van der Waals surface area contributed by atoms with Crippen LogP contribution in [0, 0.1) is 0 Å². The van der Waals surface area contributed by atoms with Gasteiger partial charge in [0, 0.05) is 38.2 Å². The molecule has 1 aliphatic carbocycles. The molecule has 0 spiro atoms. The fourth-order valence-corrected chi connectivity index (χ4v) is 24.1. The van der Waals surface area contributed by atoms with Crippen LogP contribution in [0.1, 0.15) is 61.8 Å². The minimum atomic E-state index is -2.14. The molecule has 0 saturated heterocycles. The molecule has 0 saturated carbocycles. The highest BCUT2D eigenvalue weighted by Gasteiger charge is 2.60. The van der Waals surface area contributed by atoms with Gasteiger partial charge in [0.2, 0.25) is 0 Å². The maximum Gasteiger partial charge on any atom is 0.0579 e. The zero-order chi connectivity index (χ0) is 42.8. The predicted molar refractivity (Wildman–Crippen MR) is 272 cm³/mol. The average Bonchev–Trinajstić information content (AvgIpc) is 3.57. The summed E-state index contributed by atoms with van der Waals surface area (Å²) in [5.74, 6) is 0.925. The van der Waals surface area contributed by atoms with Gasteiger partial charge in [0.05, 0.1) is 27.5 Å². The molecule has 0 radical (unpaired) electrons. The molecule has 0 aliphatic heterocycles. The second-order valence-corrected chi connectivity index (χ2v) is 30.8. The van der Waals surface area contributed by atoms with Crippen LogP contribution in [0.25, 0.3) is 32.7 Å². The number of hydrogen-bond acceptors (Lipinski definition) is 2. The smallest absolute Gasteiger partial charge is 0.0579 e. The highest BCUT2D eigenvalue weighted by Crippen LogP contribution is 2.63. The first-order valence-corrected chi connectivity index (χ1v) is 29.3. The first-order valence-electron chi connectivity index (χ1n) is 22.3. The predicted octanol–water partition coefficient (Wildman–Crippen LogP) is 17.2. The molecule has 8 aromatic carbocycles. The monoisotopic (exact) mass is 828 g/mol. The maximum atomic E-state index is 2.66. The molecule has 0 atom stereocenters. The van der Waals surface area contributed by atoms with Crippen molar-refractivity contribution in [1.29, 1.82) is 0 Å². The molecule has 0 amide bonds. The van der Waals surface area contributed by atoms with Crippen LogP contribution in [0.5, 0.6) is 0 Å². The van der Waals surface area contributed by atoms with Crippen LogP contribution in [-0.2, 0) is 4.66 Å². The van der Waals surface area contributed by atoms with Crippen molar-refractivity contribution in [2.24, 2.45) is 0 Å². The van der Waals surface area contributed by atoms with Crippen molar-refractivity contribution in [1.82, 2.24) is 0 Å². The van der Waals surface area contributed by atoms with Crippen molar-refractivity contribution in [2.75, 3.05) is 9.80 Å². The number of anilines is 6. The summed E-state index contributed by atoms with van der Waals surface area (Å²) >= 11 is 0. The normalized spacial score (nSPS) is 13.5. The lowest BCUT2D eigenvalue weighted by atomic mass is 9.91. The van der Waals surface area contributed by atoms with Gasteiger partial charge in [-0.15, -0.1) is 0 Å². The highest BCUT2D eigenvalue weighted by molar-refractivity contribution is 7.00. The van der Waals surface area contributed by atoms with Gasteiger partial charge in [-0.2, -0.15) is 0 Å². The molecule has 9 rings (SSSR count). The van der Waals surface area contributed by atoms with Crippen molar-refractivity contribution >= 4 is 71.8 Å². The third-order valence-corrected chi connectivity index (χ3v) is 23.6. The van der Waals surface area contributed by atoms with Crippen LogP contribution in [0.15, 0.2) is 170 Å². The third-order valence-electron chi connectivity index (χ3n) is 13.5. The summed E-state index contributed by atoms with van der Waals surface area (Å²) in [6.07, 6.45) is 0. The standard InChI is InChI=1S/C57H60N2Si2/c1-39(2)41-29-33-45(34-30-41)58(43-21-13-11-14-22-43)53-37-51-55(49-27-19-17-25-47(49)53)56-50-28-20-18-26-48(50)54(38-52(56)57(51,60(5,6)7)61(8,9)10)59(44-23-15-12-16-24-44)46-35-31-42(32-36-46)40(3)4/h11-40H,1-10H3. The minimum Gasteiger partial charge on any atom is -0.310 e. The molecule has 0 bridgehead atoms. The number of fused-ring (bicyclic) bond motifs is 7. The second-order valence-electron chi connectivity index (χ2n) is 19.8. The largest absolute Gasteiger partial charge is 0.310 e. The van der Waals surface area contributed by atoms with Crippen molar-refractivity contribution in [2.45, 2.75) is 83.5 Å². The molecular formula is C57H60N2Si2. The lowest BCUT2D eigenvalue weighted by Crippen LogP contribution is -2.63. The van der Waals surface area contributed by atoms with Crippen LogP contribution in [0.2, 0.25) is 39.3 Å². The summed E-state index contributed by atoms with van der Waals surface area (Å²) in [6, 6.07) is 64.4. The maximum absolute atomic E-state index is 2.66. The van der Waals surface area contributed by atoms with Gasteiger partial charge in [-0.25, -0.2) is 0 Å². The molecule has 0 N–H and O–H groups in total. The molecule has 4 heteroatoms. The minimum absolute atomic E-state index is 0.129. The summed E-state index contributed by atoms with van der Waals surface area (Å²) < 4.78 is -0.129. The van der Waals surface area contributed by atoms with Gasteiger partial charge < -0.3 is 9.80 Å². The first kappa shape index (κ1) is 40.7. The van der Waals surface area contributed by atoms with E-state index >= 15 is 0 Å². The number of nitrogens with zero attached hydrogens (tertiary/aromatic N) is 2. The Kier molecular flexibility index (Phi) is 10.2. The Morgan fingerprint density at radius 2 is 0.656 bits per heavy atom. The zero-order valence-corrected chi connectivity index (χ0v) is 39.7. The highest BCUT2D eigenvalue weighted by atomic mass is 28.4. The summed E-state index contributed by atoms with van der Waals surface area (Å²) in [7, 11) is -4.27. The van der Waals surface area contributed by atoms with E-state index in [4.69, 9.17) is 0 Å². The molecule has 61 heavy (non-hydrogen) atoms. The molecule has 0 aromatic heterocycles. The van der Waals surface area contributed by atoms with Crippen LogP contribution in [-0.4, -0.2) is 16.1 Å². The van der Waals surface area contributed by atoms with Gasteiger partial charge >= 0.3 is 0 Å². The number of para-hydroxylation sites is 2. The molecule has 0 fully saturated rings. The Hall–Kier alpha value is -5.69. The van der Waals surface area contributed by atoms with Crippen LogP contribution in [0.3, 0.4) is 0 Å². The zero-order valence-electron chi connectivity index (χ0n) is 37.7. The summed E-state index contributed by atoms with van der Waals surface area (Å²) in [5, 5.41) is 5.21. The molecular weight excluding hydrogens is 769 g/mol.